The van der Waals surface area contributed by atoms with Gasteiger partial charge in [-0.05, 0) is 49.4 Å². The lowest BCUT2D eigenvalue weighted by atomic mass is 9.74. The lowest BCUT2D eigenvalue weighted by Crippen LogP contribution is -2.20. The fourth-order valence-electron chi connectivity index (χ4n) is 3.63. The maximum absolute atomic E-state index is 2.46. The summed E-state index contributed by atoms with van der Waals surface area (Å²) in [6, 6.07) is 0. The molecule has 0 saturated heterocycles. The largest absolute Gasteiger partial charge is 0.0651 e. The molecule has 0 amide bonds. The Labute approximate surface area is 76.7 Å². The molecule has 0 aliphatic heterocycles. The van der Waals surface area contributed by atoms with E-state index in [1.165, 1.54) is 19.3 Å². The van der Waals surface area contributed by atoms with E-state index in [0.717, 1.165) is 23.7 Å². The summed E-state index contributed by atoms with van der Waals surface area (Å²) in [6.45, 7) is 4.85. The summed E-state index contributed by atoms with van der Waals surface area (Å²) in [7, 11) is 0. The van der Waals surface area contributed by atoms with Crippen LogP contribution in [0.2, 0.25) is 0 Å². The minimum atomic E-state index is 1.03. The van der Waals surface area contributed by atoms with Gasteiger partial charge in [-0.15, -0.1) is 0 Å². The van der Waals surface area contributed by atoms with Crippen molar-refractivity contribution in [1.29, 1.82) is 0 Å². The molecule has 0 aromatic carbocycles. The fourth-order valence-corrected chi connectivity index (χ4v) is 3.63. The first-order chi connectivity index (χ1) is 5.79. The van der Waals surface area contributed by atoms with E-state index in [4.69, 9.17) is 0 Å². The molecule has 4 atom stereocenters. The molecular weight excluding hydrogens is 144 g/mol. The first-order valence-electron chi connectivity index (χ1n) is 5.79. The third kappa shape index (κ3) is 1.53. The second-order valence-corrected chi connectivity index (χ2v) is 5.18. The van der Waals surface area contributed by atoms with Crippen molar-refractivity contribution in [3.05, 3.63) is 0 Å². The van der Waals surface area contributed by atoms with Crippen molar-refractivity contribution in [2.24, 2.45) is 23.7 Å². The van der Waals surface area contributed by atoms with E-state index >= 15 is 0 Å². The van der Waals surface area contributed by atoms with Crippen molar-refractivity contribution in [3.63, 3.8) is 0 Å². The van der Waals surface area contributed by atoms with Crippen LogP contribution in [-0.4, -0.2) is 0 Å². The van der Waals surface area contributed by atoms with E-state index < -0.39 is 0 Å². The molecule has 3 aliphatic carbocycles. The predicted octanol–water partition coefficient (Wildman–Crippen LogP) is 3.86. The van der Waals surface area contributed by atoms with Gasteiger partial charge >= 0.3 is 0 Å². The topological polar surface area (TPSA) is 0 Å². The summed E-state index contributed by atoms with van der Waals surface area (Å²) < 4.78 is 0. The third-order valence-corrected chi connectivity index (χ3v) is 4.21. The smallest absolute Gasteiger partial charge is 0.0383 e. The van der Waals surface area contributed by atoms with Gasteiger partial charge in [0.15, 0.2) is 0 Å². The molecule has 0 heteroatoms. The molecule has 0 heterocycles. The maximum Gasteiger partial charge on any atom is -0.0383 e. The van der Waals surface area contributed by atoms with Crippen molar-refractivity contribution in [3.8, 4) is 0 Å². The zero-order valence-corrected chi connectivity index (χ0v) is 8.55. The van der Waals surface area contributed by atoms with Crippen LogP contribution in [0, 0.1) is 23.7 Å². The second kappa shape index (κ2) is 3.40. The third-order valence-electron chi connectivity index (χ3n) is 4.21. The predicted molar refractivity (Wildman–Crippen MR) is 53.0 cm³/mol. The quantitative estimate of drug-likeness (QED) is 0.555. The monoisotopic (exact) mass is 166 g/mol. The molecule has 0 radical (unpaired) electrons. The van der Waals surface area contributed by atoms with E-state index in [-0.39, 0.29) is 0 Å². The Bertz CT molecular complexity index is 150. The van der Waals surface area contributed by atoms with Crippen molar-refractivity contribution in [1.82, 2.24) is 0 Å². The SMILES string of the molecule is CC[C@@H]1CC2CCC1CC(C)C2. The molecular formula is C12H22. The van der Waals surface area contributed by atoms with Crippen LogP contribution in [0.4, 0.5) is 0 Å². The van der Waals surface area contributed by atoms with Gasteiger partial charge in [0.1, 0.15) is 0 Å². The molecule has 0 N–H and O–H groups in total. The normalized spacial score (nSPS) is 47.5. The number of rotatable bonds is 1. The van der Waals surface area contributed by atoms with Gasteiger partial charge in [-0.25, -0.2) is 0 Å². The van der Waals surface area contributed by atoms with Crippen LogP contribution in [-0.2, 0) is 0 Å². The first-order valence-corrected chi connectivity index (χ1v) is 5.79. The lowest BCUT2D eigenvalue weighted by Gasteiger charge is -2.31. The molecule has 12 heavy (non-hydrogen) atoms. The van der Waals surface area contributed by atoms with Crippen LogP contribution in [0.25, 0.3) is 0 Å². The summed E-state index contributed by atoms with van der Waals surface area (Å²) in [5.74, 6) is 4.32. The van der Waals surface area contributed by atoms with E-state index in [0.29, 0.717) is 0 Å². The summed E-state index contributed by atoms with van der Waals surface area (Å²) in [5.41, 5.74) is 0. The lowest BCUT2D eigenvalue weighted by molar-refractivity contribution is 0.197. The molecule has 3 fully saturated rings. The molecule has 0 aromatic rings. The standard InChI is InChI=1S/C12H22/c1-3-11-8-10-4-5-12(11)7-9(2)6-10/h9-12H,3-8H2,1-2H3/t9?,10?,11-,12?/m1/s1. The van der Waals surface area contributed by atoms with Gasteiger partial charge in [0.2, 0.25) is 0 Å². The number of hydrogen-bond acceptors (Lipinski definition) is 0. The second-order valence-electron chi connectivity index (χ2n) is 5.18. The van der Waals surface area contributed by atoms with Crippen molar-refractivity contribution >= 4 is 0 Å². The Hall–Kier alpha value is 0. The van der Waals surface area contributed by atoms with Gasteiger partial charge in [-0.1, -0.05) is 26.7 Å². The molecule has 3 rings (SSSR count). The van der Waals surface area contributed by atoms with Crippen LogP contribution in [0.15, 0.2) is 0 Å². The van der Waals surface area contributed by atoms with Crippen LogP contribution in [0.5, 0.6) is 0 Å². The molecule has 70 valence electrons. The highest BCUT2D eigenvalue weighted by atomic mass is 14.4. The molecule has 3 unspecified atom stereocenters. The fraction of sp³-hybridized carbons (Fsp3) is 1.00. The summed E-state index contributed by atoms with van der Waals surface area (Å²) in [5, 5.41) is 0. The van der Waals surface area contributed by atoms with Gasteiger partial charge in [0.25, 0.3) is 0 Å². The summed E-state index contributed by atoms with van der Waals surface area (Å²) in [6.07, 6.45) is 9.17. The van der Waals surface area contributed by atoms with Crippen LogP contribution in [0.1, 0.15) is 52.4 Å². The average Bonchev–Trinajstić information content (AvgIpc) is 2.32. The van der Waals surface area contributed by atoms with E-state index in [9.17, 15) is 0 Å². The molecule has 0 nitrogen and oxygen atoms in total. The summed E-state index contributed by atoms with van der Waals surface area (Å²) in [4.78, 5) is 0. The van der Waals surface area contributed by atoms with Crippen molar-refractivity contribution in [2.75, 3.05) is 0 Å². The van der Waals surface area contributed by atoms with Crippen LogP contribution in [0.3, 0.4) is 0 Å². The molecule has 0 aromatic heterocycles. The molecule has 2 bridgehead atoms. The van der Waals surface area contributed by atoms with Gasteiger partial charge in [-0.3, -0.25) is 0 Å². The van der Waals surface area contributed by atoms with Crippen LogP contribution < -0.4 is 0 Å². The first kappa shape index (κ1) is 8.59. The summed E-state index contributed by atoms with van der Waals surface area (Å²) >= 11 is 0. The van der Waals surface area contributed by atoms with E-state index in [1.807, 2.05) is 0 Å². The maximum atomic E-state index is 2.46. The Kier molecular flexibility index (Phi) is 2.43. The Balaban J connectivity index is 2.07. The minimum Gasteiger partial charge on any atom is -0.0651 e. The Morgan fingerprint density at radius 2 is 1.92 bits per heavy atom. The number of hydrogen-bond donors (Lipinski definition) is 0. The van der Waals surface area contributed by atoms with Crippen molar-refractivity contribution in [2.45, 2.75) is 52.4 Å². The van der Waals surface area contributed by atoms with Crippen molar-refractivity contribution < 1.29 is 0 Å². The average molecular weight is 166 g/mol. The number of fused-ring (bicyclic) bond motifs is 4. The van der Waals surface area contributed by atoms with Gasteiger partial charge in [0.05, 0.1) is 0 Å². The van der Waals surface area contributed by atoms with Gasteiger partial charge in [-0.2, -0.15) is 0 Å². The van der Waals surface area contributed by atoms with E-state index in [1.54, 1.807) is 19.3 Å². The molecule has 0 spiro atoms. The Morgan fingerprint density at radius 3 is 2.67 bits per heavy atom. The highest BCUT2D eigenvalue weighted by molar-refractivity contribution is 4.85. The van der Waals surface area contributed by atoms with Gasteiger partial charge in [0, 0.05) is 0 Å². The van der Waals surface area contributed by atoms with Crippen LogP contribution >= 0.6 is 0 Å². The molecule has 3 aliphatic rings. The highest BCUT2D eigenvalue weighted by Gasteiger charge is 2.34. The molecule has 3 saturated carbocycles. The van der Waals surface area contributed by atoms with E-state index in [2.05, 4.69) is 13.8 Å². The zero-order valence-electron chi connectivity index (χ0n) is 8.55. The minimum absolute atomic E-state index is 1.03. The highest BCUT2D eigenvalue weighted by Crippen LogP contribution is 2.45. The van der Waals surface area contributed by atoms with Gasteiger partial charge < -0.3 is 0 Å². The zero-order chi connectivity index (χ0) is 8.55. The Morgan fingerprint density at radius 1 is 1.08 bits per heavy atom.